The molecule has 0 heterocycles. The van der Waals surface area contributed by atoms with E-state index < -0.39 is 0 Å². The van der Waals surface area contributed by atoms with E-state index in [-0.39, 0.29) is 5.91 Å². The van der Waals surface area contributed by atoms with Gasteiger partial charge in [0.1, 0.15) is 0 Å². The molecule has 0 unspecified atom stereocenters. The molecule has 0 aromatic heterocycles. The van der Waals surface area contributed by atoms with E-state index in [0.29, 0.717) is 12.5 Å². The number of benzene rings is 1. The number of nitrogens with zero attached hydrogens (tertiary/aromatic N) is 1. The maximum atomic E-state index is 12.1. The first-order chi connectivity index (χ1) is 11.6. The number of hydrogen-bond acceptors (Lipinski definition) is 4. The molecule has 1 amide bonds. The van der Waals surface area contributed by atoms with Gasteiger partial charge in [-0.3, -0.25) is 4.79 Å². The lowest BCUT2D eigenvalue weighted by molar-refractivity contribution is -0.122. The lowest BCUT2D eigenvalue weighted by Crippen LogP contribution is -2.37. The topological polar surface area (TPSA) is 50.8 Å². The average molecular weight is 334 g/mol. The number of nitrogens with one attached hydrogen (secondary N) is 1. The van der Waals surface area contributed by atoms with E-state index in [1.54, 1.807) is 14.2 Å². The van der Waals surface area contributed by atoms with Crippen LogP contribution < -0.4 is 14.8 Å². The smallest absolute Gasteiger partial charge is 0.221 e. The van der Waals surface area contributed by atoms with Gasteiger partial charge in [0.15, 0.2) is 11.5 Å². The zero-order valence-electron chi connectivity index (χ0n) is 15.1. The van der Waals surface area contributed by atoms with Crippen LogP contribution in [0.5, 0.6) is 11.5 Å². The molecule has 0 atom stereocenters. The van der Waals surface area contributed by atoms with Gasteiger partial charge in [0.25, 0.3) is 0 Å². The number of ether oxygens (including phenoxy) is 2. The molecule has 1 fully saturated rings. The van der Waals surface area contributed by atoms with Crippen LogP contribution in [0.4, 0.5) is 0 Å². The molecule has 5 nitrogen and oxygen atoms in total. The normalized spacial score (nSPS) is 15.3. The van der Waals surface area contributed by atoms with Gasteiger partial charge in [-0.25, -0.2) is 0 Å². The lowest BCUT2D eigenvalue weighted by atomic mass is 9.95. The molecule has 2 rings (SSSR count). The minimum atomic E-state index is 0.159. The molecule has 24 heavy (non-hydrogen) atoms. The van der Waals surface area contributed by atoms with Crippen LogP contribution in [0.1, 0.15) is 44.1 Å². The van der Waals surface area contributed by atoms with Crippen molar-refractivity contribution in [2.75, 3.05) is 27.8 Å². The highest BCUT2D eigenvalue weighted by atomic mass is 16.5. The first kappa shape index (κ1) is 18.6. The molecule has 0 spiro atoms. The van der Waals surface area contributed by atoms with E-state index >= 15 is 0 Å². The van der Waals surface area contributed by atoms with Crippen LogP contribution in [0.3, 0.4) is 0 Å². The lowest BCUT2D eigenvalue weighted by Gasteiger charge is -2.24. The van der Waals surface area contributed by atoms with Crippen LogP contribution in [0.2, 0.25) is 0 Å². The van der Waals surface area contributed by atoms with Gasteiger partial charge < -0.3 is 19.7 Å². The Morgan fingerprint density at radius 3 is 2.62 bits per heavy atom. The molecule has 134 valence electrons. The van der Waals surface area contributed by atoms with Crippen LogP contribution in [0, 0.1) is 0 Å². The van der Waals surface area contributed by atoms with Gasteiger partial charge in [0.05, 0.1) is 14.2 Å². The molecule has 1 aliphatic carbocycles. The van der Waals surface area contributed by atoms with Gasteiger partial charge in [-0.05, 0) is 26.0 Å². The van der Waals surface area contributed by atoms with Gasteiger partial charge in [-0.15, -0.1) is 0 Å². The summed E-state index contributed by atoms with van der Waals surface area (Å²) in [6, 6.07) is 6.26. The molecule has 0 aliphatic heterocycles. The SMILES string of the molecule is COc1cccc(CN(C)CCC(=O)NC2CCCCC2)c1OC. The summed E-state index contributed by atoms with van der Waals surface area (Å²) < 4.78 is 10.8. The largest absolute Gasteiger partial charge is 0.493 e. The summed E-state index contributed by atoms with van der Waals surface area (Å²) in [5, 5.41) is 3.17. The van der Waals surface area contributed by atoms with Gasteiger partial charge in [-0.2, -0.15) is 0 Å². The minimum absolute atomic E-state index is 0.159. The quantitative estimate of drug-likeness (QED) is 0.794. The van der Waals surface area contributed by atoms with Crippen molar-refractivity contribution in [3.8, 4) is 11.5 Å². The van der Waals surface area contributed by atoms with Crippen molar-refractivity contribution in [1.29, 1.82) is 0 Å². The summed E-state index contributed by atoms with van der Waals surface area (Å²) in [5.74, 6) is 1.66. The molecule has 1 aliphatic rings. The Morgan fingerprint density at radius 1 is 1.21 bits per heavy atom. The Kier molecular flexibility index (Phi) is 7.37. The molecule has 0 radical (unpaired) electrons. The van der Waals surface area contributed by atoms with Crippen LogP contribution in [0.25, 0.3) is 0 Å². The fourth-order valence-corrected chi connectivity index (χ4v) is 3.29. The second kappa shape index (κ2) is 9.52. The highest BCUT2D eigenvalue weighted by Crippen LogP contribution is 2.31. The van der Waals surface area contributed by atoms with Gasteiger partial charge in [-0.1, -0.05) is 31.4 Å². The Hall–Kier alpha value is -1.75. The van der Waals surface area contributed by atoms with Crippen molar-refractivity contribution in [1.82, 2.24) is 10.2 Å². The average Bonchev–Trinajstić information content (AvgIpc) is 2.60. The van der Waals surface area contributed by atoms with E-state index in [1.807, 2.05) is 25.2 Å². The summed E-state index contributed by atoms with van der Waals surface area (Å²) >= 11 is 0. The van der Waals surface area contributed by atoms with E-state index in [2.05, 4.69) is 10.2 Å². The second-order valence-corrected chi connectivity index (χ2v) is 6.54. The number of amides is 1. The third-order valence-corrected chi connectivity index (χ3v) is 4.62. The number of methoxy groups -OCH3 is 2. The summed E-state index contributed by atoms with van der Waals surface area (Å²) in [7, 11) is 5.31. The van der Waals surface area contributed by atoms with Crippen molar-refractivity contribution in [2.45, 2.75) is 51.1 Å². The maximum absolute atomic E-state index is 12.1. The minimum Gasteiger partial charge on any atom is -0.493 e. The van der Waals surface area contributed by atoms with E-state index in [0.717, 1.165) is 43.0 Å². The van der Waals surface area contributed by atoms with Crippen LogP contribution in [0.15, 0.2) is 18.2 Å². The van der Waals surface area contributed by atoms with Crippen LogP contribution in [-0.4, -0.2) is 44.7 Å². The van der Waals surface area contributed by atoms with Crippen molar-refractivity contribution in [3.05, 3.63) is 23.8 Å². The third-order valence-electron chi connectivity index (χ3n) is 4.62. The van der Waals surface area contributed by atoms with Crippen LogP contribution >= 0.6 is 0 Å². The summed E-state index contributed by atoms with van der Waals surface area (Å²) in [6.07, 6.45) is 6.56. The molecule has 0 saturated heterocycles. The van der Waals surface area contributed by atoms with Gasteiger partial charge in [0, 0.05) is 31.1 Å². The molecule has 1 aromatic rings. The number of rotatable bonds is 8. The summed E-state index contributed by atoms with van der Waals surface area (Å²) in [4.78, 5) is 14.2. The summed E-state index contributed by atoms with van der Waals surface area (Å²) in [6.45, 7) is 1.44. The Balaban J connectivity index is 1.80. The molecule has 1 saturated carbocycles. The number of para-hydroxylation sites is 1. The van der Waals surface area contributed by atoms with Crippen molar-refractivity contribution >= 4 is 5.91 Å². The molecular formula is C19H30N2O3. The molecular weight excluding hydrogens is 304 g/mol. The van der Waals surface area contributed by atoms with E-state index in [1.165, 1.54) is 19.3 Å². The number of hydrogen-bond donors (Lipinski definition) is 1. The predicted octanol–water partition coefficient (Wildman–Crippen LogP) is 2.97. The third kappa shape index (κ3) is 5.41. The van der Waals surface area contributed by atoms with Crippen LogP contribution in [-0.2, 0) is 11.3 Å². The molecule has 0 bridgehead atoms. The first-order valence-electron chi connectivity index (χ1n) is 8.81. The number of carbonyl (C=O) groups excluding carboxylic acids is 1. The zero-order chi connectivity index (χ0) is 17.4. The highest BCUT2D eigenvalue weighted by molar-refractivity contribution is 5.76. The van der Waals surface area contributed by atoms with Crippen molar-refractivity contribution < 1.29 is 14.3 Å². The van der Waals surface area contributed by atoms with E-state index in [4.69, 9.17) is 9.47 Å². The molecule has 1 N–H and O–H groups in total. The Bertz CT molecular complexity index is 527. The highest BCUT2D eigenvalue weighted by Gasteiger charge is 2.16. The fraction of sp³-hybridized carbons (Fsp3) is 0.632. The zero-order valence-corrected chi connectivity index (χ0v) is 15.1. The maximum Gasteiger partial charge on any atom is 0.221 e. The number of carbonyl (C=O) groups is 1. The monoisotopic (exact) mass is 334 g/mol. The van der Waals surface area contributed by atoms with E-state index in [9.17, 15) is 4.79 Å². The fourth-order valence-electron chi connectivity index (χ4n) is 3.29. The standard InChI is InChI=1S/C19H30N2O3/c1-21(13-12-18(22)20-16-9-5-4-6-10-16)14-15-8-7-11-17(23-2)19(15)24-3/h7-8,11,16H,4-6,9-10,12-14H2,1-3H3,(H,20,22). The predicted molar refractivity (Wildman–Crippen MR) is 95.5 cm³/mol. The second-order valence-electron chi connectivity index (χ2n) is 6.54. The molecule has 5 heteroatoms. The Labute approximate surface area is 145 Å². The van der Waals surface area contributed by atoms with Crippen molar-refractivity contribution in [3.63, 3.8) is 0 Å². The molecule has 1 aromatic carbocycles. The first-order valence-corrected chi connectivity index (χ1v) is 8.81. The van der Waals surface area contributed by atoms with Crippen molar-refractivity contribution in [2.24, 2.45) is 0 Å². The van der Waals surface area contributed by atoms with Gasteiger partial charge >= 0.3 is 0 Å². The van der Waals surface area contributed by atoms with Gasteiger partial charge in [0.2, 0.25) is 5.91 Å². The summed E-state index contributed by atoms with van der Waals surface area (Å²) in [5.41, 5.74) is 1.06. The Morgan fingerprint density at radius 2 is 1.96 bits per heavy atom.